The number of amides is 1. The third-order valence-electron chi connectivity index (χ3n) is 3.18. The van der Waals surface area contributed by atoms with E-state index in [9.17, 15) is 18.7 Å². The minimum absolute atomic E-state index is 0.0849. The number of ether oxygens (including phenoxy) is 1. The molecule has 2 N–H and O–H groups in total. The number of carbonyl (C=O) groups is 1. The molecule has 1 fully saturated rings. The van der Waals surface area contributed by atoms with Gasteiger partial charge < -0.3 is 15.2 Å². The van der Waals surface area contributed by atoms with Crippen molar-refractivity contribution in [3.05, 3.63) is 24.3 Å². The van der Waals surface area contributed by atoms with Crippen LogP contribution in [0, 0.1) is 5.92 Å². The van der Waals surface area contributed by atoms with E-state index in [0.717, 1.165) is 6.42 Å². The first kappa shape index (κ1) is 13.7. The maximum atomic E-state index is 12.2. The summed E-state index contributed by atoms with van der Waals surface area (Å²) in [5.41, 5.74) is 0.187. The van der Waals surface area contributed by atoms with E-state index >= 15 is 0 Å². The molecule has 2 atom stereocenters. The standard InChI is InChI=1S/C13H15F2NO3/c14-13(15)19-11-7-2-1-5-9(11)16-12(18)8-4-3-6-10(8)17/h1-2,5,7-8,10,13,17H,3-4,6H2,(H,16,18). The lowest BCUT2D eigenvalue weighted by Gasteiger charge is -2.16. The summed E-state index contributed by atoms with van der Waals surface area (Å²) >= 11 is 0. The van der Waals surface area contributed by atoms with Gasteiger partial charge in [-0.05, 0) is 31.4 Å². The largest absolute Gasteiger partial charge is 0.433 e. The molecule has 6 heteroatoms. The average Bonchev–Trinajstić information content (AvgIpc) is 2.77. The number of alkyl halides is 2. The summed E-state index contributed by atoms with van der Waals surface area (Å²) in [5, 5.41) is 12.2. The van der Waals surface area contributed by atoms with Crippen LogP contribution in [0.4, 0.5) is 14.5 Å². The fourth-order valence-electron chi connectivity index (χ4n) is 2.24. The van der Waals surface area contributed by atoms with Crippen molar-refractivity contribution in [3.63, 3.8) is 0 Å². The maximum absolute atomic E-state index is 12.2. The van der Waals surface area contributed by atoms with Crippen molar-refractivity contribution >= 4 is 11.6 Å². The van der Waals surface area contributed by atoms with E-state index in [1.807, 2.05) is 0 Å². The Balaban J connectivity index is 2.08. The summed E-state index contributed by atoms with van der Waals surface area (Å²) in [7, 11) is 0. The highest BCUT2D eigenvalue weighted by Crippen LogP contribution is 2.30. The summed E-state index contributed by atoms with van der Waals surface area (Å²) in [5.74, 6) is -0.937. The van der Waals surface area contributed by atoms with Crippen LogP contribution >= 0.6 is 0 Å². The first-order chi connectivity index (χ1) is 9.08. The number of rotatable bonds is 4. The van der Waals surface area contributed by atoms with Crippen LogP contribution < -0.4 is 10.1 Å². The normalized spacial score (nSPS) is 22.5. The zero-order valence-corrected chi connectivity index (χ0v) is 10.2. The van der Waals surface area contributed by atoms with Crippen LogP contribution in [-0.2, 0) is 4.79 Å². The third kappa shape index (κ3) is 3.41. The molecular weight excluding hydrogens is 256 g/mol. The fraction of sp³-hybridized carbons (Fsp3) is 0.462. The van der Waals surface area contributed by atoms with Crippen molar-refractivity contribution in [1.29, 1.82) is 0 Å². The van der Waals surface area contributed by atoms with Crippen molar-refractivity contribution < 1.29 is 23.4 Å². The number of aliphatic hydroxyl groups is 1. The molecule has 4 nitrogen and oxygen atoms in total. The Kier molecular flexibility index (Phi) is 4.31. The van der Waals surface area contributed by atoms with Crippen LogP contribution in [0.25, 0.3) is 0 Å². The van der Waals surface area contributed by atoms with Crippen LogP contribution in [0.15, 0.2) is 24.3 Å². The molecule has 2 unspecified atom stereocenters. The summed E-state index contributed by atoms with van der Waals surface area (Å²) in [6.07, 6.45) is 1.32. The van der Waals surface area contributed by atoms with Crippen LogP contribution in [0.2, 0.25) is 0 Å². The Morgan fingerprint density at radius 2 is 2.11 bits per heavy atom. The Morgan fingerprint density at radius 3 is 2.74 bits per heavy atom. The highest BCUT2D eigenvalue weighted by molar-refractivity contribution is 5.94. The van der Waals surface area contributed by atoms with Crippen LogP contribution in [-0.4, -0.2) is 23.7 Å². The Morgan fingerprint density at radius 1 is 1.37 bits per heavy atom. The van der Waals surface area contributed by atoms with Gasteiger partial charge in [0.25, 0.3) is 0 Å². The number of aliphatic hydroxyl groups excluding tert-OH is 1. The molecule has 0 bridgehead atoms. The average molecular weight is 271 g/mol. The Bertz CT molecular complexity index is 453. The van der Waals surface area contributed by atoms with Crippen LogP contribution in [0.3, 0.4) is 0 Å². The number of hydrogen-bond acceptors (Lipinski definition) is 3. The summed E-state index contributed by atoms with van der Waals surface area (Å²) in [4.78, 5) is 11.9. The lowest BCUT2D eigenvalue weighted by atomic mass is 10.1. The van der Waals surface area contributed by atoms with E-state index in [1.165, 1.54) is 18.2 Å². The van der Waals surface area contributed by atoms with E-state index in [1.54, 1.807) is 6.07 Å². The molecule has 2 rings (SSSR count). The van der Waals surface area contributed by atoms with Gasteiger partial charge in [-0.3, -0.25) is 4.79 Å². The number of anilines is 1. The minimum atomic E-state index is -2.95. The molecule has 0 spiro atoms. The third-order valence-corrected chi connectivity index (χ3v) is 3.18. The van der Waals surface area contributed by atoms with Gasteiger partial charge in [-0.2, -0.15) is 8.78 Å². The van der Waals surface area contributed by atoms with Gasteiger partial charge >= 0.3 is 6.61 Å². The lowest BCUT2D eigenvalue weighted by molar-refractivity contribution is -0.122. The van der Waals surface area contributed by atoms with E-state index < -0.39 is 18.6 Å². The van der Waals surface area contributed by atoms with Crippen molar-refractivity contribution in [2.24, 2.45) is 5.92 Å². The number of nitrogens with one attached hydrogen (secondary N) is 1. The zero-order valence-electron chi connectivity index (χ0n) is 10.2. The molecule has 1 amide bonds. The number of benzene rings is 1. The second kappa shape index (κ2) is 5.97. The van der Waals surface area contributed by atoms with Crippen molar-refractivity contribution in [2.45, 2.75) is 32.0 Å². The first-order valence-electron chi connectivity index (χ1n) is 6.10. The molecule has 0 aromatic heterocycles. The van der Waals surface area contributed by atoms with Crippen molar-refractivity contribution in [3.8, 4) is 5.75 Å². The second-order valence-corrected chi connectivity index (χ2v) is 4.47. The molecule has 1 aromatic rings. The fourth-order valence-corrected chi connectivity index (χ4v) is 2.24. The summed E-state index contributed by atoms with van der Waals surface area (Å²) < 4.78 is 28.8. The Labute approximate surface area is 109 Å². The molecule has 19 heavy (non-hydrogen) atoms. The SMILES string of the molecule is O=C(Nc1ccccc1OC(F)F)C1CCCC1O. The van der Waals surface area contributed by atoms with Crippen molar-refractivity contribution in [2.75, 3.05) is 5.32 Å². The molecular formula is C13H15F2NO3. The molecule has 0 radical (unpaired) electrons. The number of para-hydroxylation sites is 2. The second-order valence-electron chi connectivity index (χ2n) is 4.47. The monoisotopic (exact) mass is 271 g/mol. The Hall–Kier alpha value is -1.69. The maximum Gasteiger partial charge on any atom is 0.387 e. The van der Waals surface area contributed by atoms with E-state index in [-0.39, 0.29) is 17.3 Å². The molecule has 1 aliphatic rings. The number of hydrogen-bond donors (Lipinski definition) is 2. The number of halogens is 2. The molecule has 1 saturated carbocycles. The molecule has 0 saturated heterocycles. The smallest absolute Gasteiger partial charge is 0.387 e. The predicted molar refractivity (Wildman–Crippen MR) is 65.1 cm³/mol. The van der Waals surface area contributed by atoms with Gasteiger partial charge in [-0.15, -0.1) is 0 Å². The van der Waals surface area contributed by atoms with Gasteiger partial charge in [0.15, 0.2) is 0 Å². The van der Waals surface area contributed by atoms with Gasteiger partial charge in [0.1, 0.15) is 5.75 Å². The van der Waals surface area contributed by atoms with Gasteiger partial charge in [0.05, 0.1) is 17.7 Å². The van der Waals surface area contributed by atoms with Gasteiger partial charge in [0.2, 0.25) is 5.91 Å². The van der Waals surface area contributed by atoms with Crippen molar-refractivity contribution in [1.82, 2.24) is 0 Å². The lowest BCUT2D eigenvalue weighted by Crippen LogP contribution is -2.28. The molecule has 1 aromatic carbocycles. The highest BCUT2D eigenvalue weighted by Gasteiger charge is 2.31. The van der Waals surface area contributed by atoms with Gasteiger partial charge in [-0.25, -0.2) is 0 Å². The van der Waals surface area contributed by atoms with Crippen LogP contribution in [0.5, 0.6) is 5.75 Å². The first-order valence-corrected chi connectivity index (χ1v) is 6.10. The summed E-state index contributed by atoms with van der Waals surface area (Å²) in [6, 6.07) is 5.99. The van der Waals surface area contributed by atoms with E-state index in [4.69, 9.17) is 0 Å². The van der Waals surface area contributed by atoms with Crippen LogP contribution in [0.1, 0.15) is 19.3 Å². The van der Waals surface area contributed by atoms with Gasteiger partial charge in [0, 0.05) is 0 Å². The predicted octanol–water partition coefficient (Wildman–Crippen LogP) is 2.39. The molecule has 0 heterocycles. The minimum Gasteiger partial charge on any atom is -0.433 e. The quantitative estimate of drug-likeness (QED) is 0.884. The zero-order chi connectivity index (χ0) is 13.8. The van der Waals surface area contributed by atoms with E-state index in [0.29, 0.717) is 12.8 Å². The topological polar surface area (TPSA) is 58.6 Å². The molecule has 0 aliphatic heterocycles. The molecule has 1 aliphatic carbocycles. The van der Waals surface area contributed by atoms with E-state index in [2.05, 4.69) is 10.1 Å². The highest BCUT2D eigenvalue weighted by atomic mass is 19.3. The number of carbonyl (C=O) groups excluding carboxylic acids is 1. The molecule has 104 valence electrons. The van der Waals surface area contributed by atoms with Gasteiger partial charge in [-0.1, -0.05) is 12.1 Å². The summed E-state index contributed by atoms with van der Waals surface area (Å²) in [6.45, 7) is -2.95.